The van der Waals surface area contributed by atoms with E-state index in [1.807, 2.05) is 18.5 Å². The van der Waals surface area contributed by atoms with Gasteiger partial charge in [0.15, 0.2) is 11.8 Å². The fraction of sp³-hybridized carbons (Fsp3) is 0.462. The van der Waals surface area contributed by atoms with Gasteiger partial charge in [0.2, 0.25) is 0 Å². The van der Waals surface area contributed by atoms with Crippen LogP contribution in [0, 0.1) is 6.92 Å². The third-order valence-corrected chi connectivity index (χ3v) is 4.00. The minimum absolute atomic E-state index is 0.607. The van der Waals surface area contributed by atoms with Gasteiger partial charge in [-0.2, -0.15) is 0 Å². The Hall–Kier alpha value is -1.89. The van der Waals surface area contributed by atoms with Crippen molar-refractivity contribution in [3.05, 3.63) is 34.0 Å². The van der Waals surface area contributed by atoms with E-state index in [1.54, 1.807) is 18.4 Å². The largest absolute Gasteiger partial charge is 0.356 e. The van der Waals surface area contributed by atoms with E-state index in [0.29, 0.717) is 6.54 Å². The van der Waals surface area contributed by atoms with Crippen molar-refractivity contribution in [1.29, 1.82) is 0 Å². The molecule has 2 aromatic rings. The highest BCUT2D eigenvalue weighted by atomic mass is 32.1. The van der Waals surface area contributed by atoms with Crippen LogP contribution in [0.1, 0.15) is 16.5 Å². The summed E-state index contributed by atoms with van der Waals surface area (Å²) in [7, 11) is 3.72. The molecule has 0 aliphatic rings. The fourth-order valence-electron chi connectivity index (χ4n) is 1.75. The lowest BCUT2D eigenvalue weighted by molar-refractivity contribution is 0.717. The maximum Gasteiger partial charge on any atom is 0.191 e. The standard InChI is InChI=1S/C13H20N6S/c1-10-17-18-12(19(10)3)9-16-13(14-2)15-7-6-11-5-4-8-20-11/h4-5,8H,6-7,9H2,1-3H3,(H2,14,15,16). The summed E-state index contributed by atoms with van der Waals surface area (Å²) in [5.74, 6) is 2.58. The second-order valence-electron chi connectivity index (χ2n) is 4.40. The van der Waals surface area contributed by atoms with Gasteiger partial charge in [0.05, 0.1) is 6.54 Å². The maximum atomic E-state index is 4.20. The maximum absolute atomic E-state index is 4.20. The van der Waals surface area contributed by atoms with Gasteiger partial charge in [0, 0.05) is 25.5 Å². The molecule has 0 unspecified atom stereocenters. The van der Waals surface area contributed by atoms with Crippen LogP contribution < -0.4 is 10.6 Å². The molecule has 0 aliphatic heterocycles. The van der Waals surface area contributed by atoms with Crippen LogP contribution >= 0.6 is 11.3 Å². The molecular weight excluding hydrogens is 272 g/mol. The Morgan fingerprint density at radius 3 is 2.85 bits per heavy atom. The molecule has 6 nitrogen and oxygen atoms in total. The number of guanidine groups is 1. The number of hydrogen-bond donors (Lipinski definition) is 2. The molecule has 2 rings (SSSR count). The molecule has 0 amide bonds. The molecule has 0 spiro atoms. The molecule has 108 valence electrons. The SMILES string of the molecule is CN=C(NCCc1cccs1)NCc1nnc(C)n1C. The zero-order valence-electron chi connectivity index (χ0n) is 12.1. The van der Waals surface area contributed by atoms with Crippen LogP contribution in [0.25, 0.3) is 0 Å². The van der Waals surface area contributed by atoms with Gasteiger partial charge >= 0.3 is 0 Å². The normalized spacial score (nSPS) is 11.7. The van der Waals surface area contributed by atoms with Crippen molar-refractivity contribution >= 4 is 17.3 Å². The summed E-state index contributed by atoms with van der Waals surface area (Å²) in [6.07, 6.45) is 1.00. The molecule has 0 radical (unpaired) electrons. The fourth-order valence-corrected chi connectivity index (χ4v) is 2.46. The number of hydrogen-bond acceptors (Lipinski definition) is 4. The number of aliphatic imine (C=N–C) groups is 1. The van der Waals surface area contributed by atoms with Gasteiger partial charge in [0.25, 0.3) is 0 Å². The first-order valence-corrected chi connectivity index (χ1v) is 7.40. The van der Waals surface area contributed by atoms with E-state index in [0.717, 1.165) is 30.6 Å². The summed E-state index contributed by atoms with van der Waals surface area (Å²) in [6.45, 7) is 3.40. The predicted octanol–water partition coefficient (Wildman–Crippen LogP) is 1.09. The van der Waals surface area contributed by atoms with Gasteiger partial charge in [-0.1, -0.05) is 6.07 Å². The second kappa shape index (κ2) is 7.04. The van der Waals surface area contributed by atoms with E-state index in [2.05, 4.69) is 43.3 Å². The highest BCUT2D eigenvalue weighted by Crippen LogP contribution is 2.07. The minimum Gasteiger partial charge on any atom is -0.356 e. The Labute approximate surface area is 123 Å². The van der Waals surface area contributed by atoms with Crippen molar-refractivity contribution in [3.63, 3.8) is 0 Å². The summed E-state index contributed by atoms with van der Waals surface area (Å²) in [4.78, 5) is 5.57. The van der Waals surface area contributed by atoms with Gasteiger partial charge in [-0.05, 0) is 24.8 Å². The van der Waals surface area contributed by atoms with Crippen molar-refractivity contribution in [2.24, 2.45) is 12.0 Å². The summed E-state index contributed by atoms with van der Waals surface area (Å²) < 4.78 is 1.96. The number of aromatic nitrogens is 3. The van der Waals surface area contributed by atoms with Crippen molar-refractivity contribution in [2.45, 2.75) is 19.9 Å². The zero-order chi connectivity index (χ0) is 14.4. The number of nitrogens with zero attached hydrogens (tertiary/aromatic N) is 4. The molecule has 0 fully saturated rings. The van der Waals surface area contributed by atoms with Crippen molar-refractivity contribution < 1.29 is 0 Å². The van der Waals surface area contributed by atoms with E-state index in [9.17, 15) is 0 Å². The summed E-state index contributed by atoms with van der Waals surface area (Å²) >= 11 is 1.78. The van der Waals surface area contributed by atoms with Crippen LogP contribution in [0.4, 0.5) is 0 Å². The molecule has 0 bridgehead atoms. The quantitative estimate of drug-likeness (QED) is 0.639. The topological polar surface area (TPSA) is 67.1 Å². The van der Waals surface area contributed by atoms with E-state index in [4.69, 9.17) is 0 Å². The first-order chi connectivity index (χ1) is 9.70. The van der Waals surface area contributed by atoms with E-state index < -0.39 is 0 Å². The molecule has 2 N–H and O–H groups in total. The summed E-state index contributed by atoms with van der Waals surface area (Å²) in [6, 6.07) is 4.22. The van der Waals surface area contributed by atoms with E-state index in [-0.39, 0.29) is 0 Å². The number of rotatable bonds is 5. The first kappa shape index (κ1) is 14.5. The Balaban J connectivity index is 1.76. The second-order valence-corrected chi connectivity index (χ2v) is 5.44. The molecule has 0 saturated carbocycles. The van der Waals surface area contributed by atoms with Crippen molar-refractivity contribution in [3.8, 4) is 0 Å². The van der Waals surface area contributed by atoms with Crippen molar-refractivity contribution in [2.75, 3.05) is 13.6 Å². The van der Waals surface area contributed by atoms with Crippen LogP contribution in [0.3, 0.4) is 0 Å². The predicted molar refractivity (Wildman–Crippen MR) is 82.0 cm³/mol. The van der Waals surface area contributed by atoms with Crippen molar-refractivity contribution in [1.82, 2.24) is 25.4 Å². The summed E-state index contributed by atoms with van der Waals surface area (Å²) in [5.41, 5.74) is 0. The van der Waals surface area contributed by atoms with Crippen LogP contribution in [0.2, 0.25) is 0 Å². The molecule has 20 heavy (non-hydrogen) atoms. The lowest BCUT2D eigenvalue weighted by atomic mass is 10.3. The highest BCUT2D eigenvalue weighted by molar-refractivity contribution is 7.09. The Morgan fingerprint density at radius 1 is 1.40 bits per heavy atom. The Bertz CT molecular complexity index is 557. The molecule has 2 aromatic heterocycles. The average Bonchev–Trinajstić information content (AvgIpc) is 3.07. The lowest BCUT2D eigenvalue weighted by Gasteiger charge is -2.11. The van der Waals surface area contributed by atoms with Crippen LogP contribution in [0.5, 0.6) is 0 Å². The average molecular weight is 292 g/mol. The number of aryl methyl sites for hydroxylation is 1. The Kier molecular flexibility index (Phi) is 5.11. The van der Waals surface area contributed by atoms with Gasteiger partial charge < -0.3 is 15.2 Å². The zero-order valence-corrected chi connectivity index (χ0v) is 12.9. The first-order valence-electron chi connectivity index (χ1n) is 6.52. The van der Waals surface area contributed by atoms with E-state index in [1.165, 1.54) is 4.88 Å². The van der Waals surface area contributed by atoms with E-state index >= 15 is 0 Å². The van der Waals surface area contributed by atoms with Gasteiger partial charge in [-0.25, -0.2) is 0 Å². The molecule has 0 saturated heterocycles. The van der Waals surface area contributed by atoms with Gasteiger partial charge in [0.1, 0.15) is 5.82 Å². The number of nitrogens with one attached hydrogen (secondary N) is 2. The molecule has 2 heterocycles. The van der Waals surface area contributed by atoms with Crippen LogP contribution in [-0.2, 0) is 20.0 Å². The van der Waals surface area contributed by atoms with Crippen LogP contribution in [-0.4, -0.2) is 34.3 Å². The molecule has 0 aromatic carbocycles. The third kappa shape index (κ3) is 3.80. The minimum atomic E-state index is 0.607. The monoisotopic (exact) mass is 292 g/mol. The van der Waals surface area contributed by atoms with Crippen LogP contribution in [0.15, 0.2) is 22.5 Å². The van der Waals surface area contributed by atoms with Gasteiger partial charge in [-0.15, -0.1) is 21.5 Å². The molecule has 0 aliphatic carbocycles. The molecule has 7 heteroatoms. The number of thiophene rings is 1. The van der Waals surface area contributed by atoms with Gasteiger partial charge in [-0.3, -0.25) is 4.99 Å². The highest BCUT2D eigenvalue weighted by Gasteiger charge is 2.05. The lowest BCUT2D eigenvalue weighted by Crippen LogP contribution is -2.38. The third-order valence-electron chi connectivity index (χ3n) is 3.06. The smallest absolute Gasteiger partial charge is 0.191 e. The molecule has 0 atom stereocenters. The summed E-state index contributed by atoms with van der Waals surface area (Å²) in [5, 5.41) is 16.8. The Morgan fingerprint density at radius 2 is 2.25 bits per heavy atom. The molecular formula is C13H20N6S.